The summed E-state index contributed by atoms with van der Waals surface area (Å²) in [6, 6.07) is 8.06. The van der Waals surface area contributed by atoms with E-state index >= 15 is 0 Å². The van der Waals surface area contributed by atoms with Crippen LogP contribution in [0.15, 0.2) is 30.5 Å². The smallest absolute Gasteiger partial charge is 0.159 e. The van der Waals surface area contributed by atoms with E-state index in [4.69, 9.17) is 21.1 Å². The van der Waals surface area contributed by atoms with Crippen LogP contribution in [0, 0.1) is 0 Å². The Bertz CT molecular complexity index is 532. The van der Waals surface area contributed by atoms with Gasteiger partial charge in [0, 0.05) is 24.5 Å². The van der Waals surface area contributed by atoms with Gasteiger partial charge >= 0.3 is 0 Å². The number of benzene rings is 1. The highest BCUT2D eigenvalue weighted by molar-refractivity contribution is 6.35. The van der Waals surface area contributed by atoms with Crippen LogP contribution in [-0.2, 0) is 16.0 Å². The van der Waals surface area contributed by atoms with Crippen molar-refractivity contribution >= 4 is 22.5 Å². The number of ether oxygens (including phenoxy) is 2. The predicted molar refractivity (Wildman–Crippen MR) is 71.9 cm³/mol. The minimum Gasteiger partial charge on any atom is -0.353 e. The van der Waals surface area contributed by atoms with E-state index < -0.39 is 0 Å². The van der Waals surface area contributed by atoms with Gasteiger partial charge in [0.25, 0.3) is 0 Å². The molecule has 0 unspecified atom stereocenters. The van der Waals surface area contributed by atoms with Gasteiger partial charge in [0.05, 0.1) is 23.8 Å². The molecule has 0 bridgehead atoms. The molecule has 0 spiro atoms. The van der Waals surface area contributed by atoms with Gasteiger partial charge in [-0.25, -0.2) is 0 Å². The molecule has 1 aromatic carbocycles. The maximum Gasteiger partial charge on any atom is 0.159 e. The SMILES string of the molecule is Clc1cccc2ccn(CCC3OCCCO3)c12. The number of halogens is 1. The summed E-state index contributed by atoms with van der Waals surface area (Å²) >= 11 is 6.24. The summed E-state index contributed by atoms with van der Waals surface area (Å²) in [5, 5.41) is 1.97. The molecule has 0 amide bonds. The second-order valence-corrected chi connectivity index (χ2v) is 4.91. The van der Waals surface area contributed by atoms with Crippen LogP contribution < -0.4 is 0 Å². The van der Waals surface area contributed by atoms with Gasteiger partial charge in [-0.3, -0.25) is 0 Å². The standard InChI is InChI=1S/C14H16ClNO2/c15-12-4-1-3-11-5-7-16(14(11)12)8-6-13-17-9-2-10-18-13/h1,3-5,7,13H,2,6,8-10H2. The summed E-state index contributed by atoms with van der Waals surface area (Å²) in [4.78, 5) is 0. The van der Waals surface area contributed by atoms with Crippen LogP contribution in [0.25, 0.3) is 10.9 Å². The molecule has 3 nitrogen and oxygen atoms in total. The van der Waals surface area contributed by atoms with E-state index in [0.717, 1.165) is 43.1 Å². The highest BCUT2D eigenvalue weighted by Crippen LogP contribution is 2.25. The average molecular weight is 266 g/mol. The number of hydrogen-bond acceptors (Lipinski definition) is 2. The molecule has 1 fully saturated rings. The molecule has 0 atom stereocenters. The topological polar surface area (TPSA) is 23.4 Å². The molecule has 0 aliphatic carbocycles. The Kier molecular flexibility index (Phi) is 3.55. The van der Waals surface area contributed by atoms with Crippen LogP contribution in [0.1, 0.15) is 12.8 Å². The van der Waals surface area contributed by atoms with Gasteiger partial charge in [0.15, 0.2) is 6.29 Å². The fraction of sp³-hybridized carbons (Fsp3) is 0.429. The van der Waals surface area contributed by atoms with Crippen molar-refractivity contribution < 1.29 is 9.47 Å². The van der Waals surface area contributed by atoms with Crippen molar-refractivity contribution in [2.45, 2.75) is 25.7 Å². The molecule has 96 valence electrons. The van der Waals surface area contributed by atoms with Crippen molar-refractivity contribution in [1.29, 1.82) is 0 Å². The van der Waals surface area contributed by atoms with Crippen molar-refractivity contribution in [2.24, 2.45) is 0 Å². The fourth-order valence-electron chi connectivity index (χ4n) is 2.35. The molecule has 1 aliphatic rings. The van der Waals surface area contributed by atoms with E-state index in [-0.39, 0.29) is 6.29 Å². The van der Waals surface area contributed by atoms with Crippen LogP contribution in [0.5, 0.6) is 0 Å². The van der Waals surface area contributed by atoms with Crippen molar-refractivity contribution in [3.63, 3.8) is 0 Å². The molecule has 2 heterocycles. The monoisotopic (exact) mass is 265 g/mol. The lowest BCUT2D eigenvalue weighted by Crippen LogP contribution is -2.25. The van der Waals surface area contributed by atoms with E-state index in [9.17, 15) is 0 Å². The number of rotatable bonds is 3. The van der Waals surface area contributed by atoms with Crippen LogP contribution in [0.2, 0.25) is 5.02 Å². The Labute approximate surface area is 111 Å². The number of para-hydroxylation sites is 1. The first kappa shape index (κ1) is 12.0. The van der Waals surface area contributed by atoms with E-state index in [1.165, 1.54) is 5.39 Å². The highest BCUT2D eigenvalue weighted by Gasteiger charge is 2.14. The van der Waals surface area contributed by atoms with Gasteiger partial charge in [0.1, 0.15) is 0 Å². The molecule has 0 saturated carbocycles. The molecular weight excluding hydrogens is 250 g/mol. The molecule has 3 rings (SSSR count). The first-order valence-corrected chi connectivity index (χ1v) is 6.69. The van der Waals surface area contributed by atoms with Crippen molar-refractivity contribution in [3.05, 3.63) is 35.5 Å². The van der Waals surface area contributed by atoms with E-state index in [2.05, 4.69) is 22.9 Å². The average Bonchev–Trinajstić information content (AvgIpc) is 2.82. The fourth-order valence-corrected chi connectivity index (χ4v) is 2.64. The molecular formula is C14H16ClNO2. The molecule has 1 aromatic heterocycles. The Morgan fingerprint density at radius 3 is 2.89 bits per heavy atom. The first-order valence-electron chi connectivity index (χ1n) is 6.31. The number of fused-ring (bicyclic) bond motifs is 1. The largest absolute Gasteiger partial charge is 0.353 e. The quantitative estimate of drug-likeness (QED) is 0.849. The van der Waals surface area contributed by atoms with Crippen LogP contribution >= 0.6 is 11.6 Å². The third-order valence-electron chi connectivity index (χ3n) is 3.24. The summed E-state index contributed by atoms with van der Waals surface area (Å²) in [6.07, 6.45) is 3.85. The van der Waals surface area contributed by atoms with Crippen molar-refractivity contribution in [3.8, 4) is 0 Å². The summed E-state index contributed by atoms with van der Waals surface area (Å²) in [6.45, 7) is 2.47. The molecule has 2 aromatic rings. The summed E-state index contributed by atoms with van der Waals surface area (Å²) in [7, 11) is 0. The lowest BCUT2D eigenvalue weighted by molar-refractivity contribution is -0.182. The van der Waals surface area contributed by atoms with E-state index in [0.29, 0.717) is 0 Å². The van der Waals surface area contributed by atoms with Gasteiger partial charge in [-0.2, -0.15) is 0 Å². The molecule has 1 aliphatic heterocycles. The second kappa shape index (κ2) is 5.31. The molecule has 1 saturated heterocycles. The molecule has 0 radical (unpaired) electrons. The normalized spacial score (nSPS) is 17.4. The second-order valence-electron chi connectivity index (χ2n) is 4.50. The maximum absolute atomic E-state index is 6.24. The van der Waals surface area contributed by atoms with Crippen LogP contribution in [0.4, 0.5) is 0 Å². The predicted octanol–water partition coefficient (Wildman–Crippen LogP) is 3.45. The van der Waals surface area contributed by atoms with E-state index in [1.54, 1.807) is 0 Å². The third-order valence-corrected chi connectivity index (χ3v) is 3.55. The zero-order valence-corrected chi connectivity index (χ0v) is 10.9. The van der Waals surface area contributed by atoms with Gasteiger partial charge in [-0.1, -0.05) is 23.7 Å². The zero-order chi connectivity index (χ0) is 12.4. The Balaban J connectivity index is 1.74. The minimum atomic E-state index is -0.0707. The third kappa shape index (κ3) is 2.39. The van der Waals surface area contributed by atoms with Crippen LogP contribution in [-0.4, -0.2) is 24.1 Å². The number of aryl methyl sites for hydroxylation is 1. The number of hydrogen-bond donors (Lipinski definition) is 0. The van der Waals surface area contributed by atoms with Crippen molar-refractivity contribution in [2.75, 3.05) is 13.2 Å². The summed E-state index contributed by atoms with van der Waals surface area (Å²) < 4.78 is 13.3. The van der Waals surface area contributed by atoms with Crippen molar-refractivity contribution in [1.82, 2.24) is 4.57 Å². The van der Waals surface area contributed by atoms with Gasteiger partial charge < -0.3 is 14.0 Å². The molecule has 18 heavy (non-hydrogen) atoms. The summed E-state index contributed by atoms with van der Waals surface area (Å²) in [5.41, 5.74) is 1.09. The van der Waals surface area contributed by atoms with E-state index in [1.807, 2.05) is 12.1 Å². The Hall–Kier alpha value is -1.03. The van der Waals surface area contributed by atoms with Gasteiger partial charge in [0.2, 0.25) is 0 Å². The number of nitrogens with zero attached hydrogens (tertiary/aromatic N) is 1. The maximum atomic E-state index is 6.24. The molecule has 4 heteroatoms. The lowest BCUT2D eigenvalue weighted by atomic mass is 10.2. The lowest BCUT2D eigenvalue weighted by Gasteiger charge is -2.23. The Morgan fingerprint density at radius 1 is 1.22 bits per heavy atom. The minimum absolute atomic E-state index is 0.0707. The highest BCUT2D eigenvalue weighted by atomic mass is 35.5. The first-order chi connectivity index (χ1) is 8.84. The van der Waals surface area contributed by atoms with Gasteiger partial charge in [-0.05, 0) is 18.6 Å². The zero-order valence-electron chi connectivity index (χ0n) is 10.1. The number of aromatic nitrogens is 1. The van der Waals surface area contributed by atoms with Crippen LogP contribution in [0.3, 0.4) is 0 Å². The Morgan fingerprint density at radius 2 is 2.06 bits per heavy atom. The molecule has 0 N–H and O–H groups in total. The van der Waals surface area contributed by atoms with Gasteiger partial charge in [-0.15, -0.1) is 0 Å². The summed E-state index contributed by atoms with van der Waals surface area (Å²) in [5.74, 6) is 0.